The van der Waals surface area contributed by atoms with Gasteiger partial charge in [-0.3, -0.25) is 4.79 Å². The molecule has 0 aliphatic carbocycles. The summed E-state index contributed by atoms with van der Waals surface area (Å²) >= 11 is 2.83. The molecule has 100 valence electrons. The number of hydrogen-bond donors (Lipinski definition) is 0. The number of alkyl halides is 6. The summed E-state index contributed by atoms with van der Waals surface area (Å²) in [6.07, 6.45) is -8.24. The molecule has 0 aliphatic heterocycles. The number of rotatable bonds is 4. The summed E-state index contributed by atoms with van der Waals surface area (Å²) in [4.78, 5) is 11.2. The van der Waals surface area contributed by atoms with Crippen molar-refractivity contribution >= 4 is 21.7 Å². The van der Waals surface area contributed by atoms with Crippen LogP contribution in [0.1, 0.15) is 22.3 Å². The fourth-order valence-corrected chi connectivity index (χ4v) is 1.51. The molecule has 2 nitrogen and oxygen atoms in total. The minimum Gasteiger partial charge on any atom is -0.405 e. The molecule has 8 heteroatoms. The van der Waals surface area contributed by atoms with Crippen LogP contribution in [0.2, 0.25) is 0 Å². The molecular formula is C10H6BrF5O2. The first-order valence-corrected chi connectivity index (χ1v) is 5.63. The average Bonchev–Trinajstić information content (AvgIpc) is 2.26. The number of carbonyl (C=O) groups is 1. The summed E-state index contributed by atoms with van der Waals surface area (Å²) in [5.74, 6) is -1.53. The van der Waals surface area contributed by atoms with Gasteiger partial charge >= 0.3 is 6.36 Å². The second-order valence-corrected chi connectivity index (χ2v) is 3.72. The first kappa shape index (κ1) is 14.9. The molecule has 1 rings (SSSR count). The Labute approximate surface area is 107 Å². The molecule has 0 fully saturated rings. The van der Waals surface area contributed by atoms with Crippen LogP contribution in [-0.4, -0.2) is 17.5 Å². The number of halogens is 6. The van der Waals surface area contributed by atoms with Gasteiger partial charge < -0.3 is 4.74 Å². The lowest BCUT2D eigenvalue weighted by atomic mass is 10.1. The number of carbonyl (C=O) groups excluding carboxylic acids is 1. The van der Waals surface area contributed by atoms with Gasteiger partial charge in [-0.2, -0.15) is 0 Å². The Hall–Kier alpha value is -1.18. The molecule has 0 aliphatic rings. The summed E-state index contributed by atoms with van der Waals surface area (Å²) in [7, 11) is 0. The van der Waals surface area contributed by atoms with Gasteiger partial charge in [-0.15, -0.1) is 13.2 Å². The molecule has 0 aromatic heterocycles. The fourth-order valence-electron chi connectivity index (χ4n) is 1.19. The average molecular weight is 333 g/mol. The molecule has 1 aromatic carbocycles. The van der Waals surface area contributed by atoms with Crippen molar-refractivity contribution in [2.24, 2.45) is 0 Å². The quantitative estimate of drug-likeness (QED) is 0.471. The zero-order valence-corrected chi connectivity index (χ0v) is 10.2. The van der Waals surface area contributed by atoms with Gasteiger partial charge in [0.2, 0.25) is 0 Å². The summed E-state index contributed by atoms with van der Waals surface area (Å²) in [6, 6.07) is 2.39. The molecule has 0 bridgehead atoms. The number of benzene rings is 1. The summed E-state index contributed by atoms with van der Waals surface area (Å²) in [6.45, 7) is 0. The number of ether oxygens (including phenoxy) is 1. The third-order valence-corrected chi connectivity index (χ3v) is 2.42. The SMILES string of the molecule is O=C(CBr)c1ccc(OC(F)(F)F)c(C(F)F)c1. The van der Waals surface area contributed by atoms with E-state index in [0.717, 1.165) is 6.07 Å². The molecular weight excluding hydrogens is 327 g/mol. The van der Waals surface area contributed by atoms with E-state index < -0.39 is 29.9 Å². The molecule has 0 unspecified atom stereocenters. The normalized spacial score (nSPS) is 11.7. The fraction of sp³-hybridized carbons (Fsp3) is 0.300. The van der Waals surface area contributed by atoms with E-state index in [1.165, 1.54) is 0 Å². The zero-order valence-electron chi connectivity index (χ0n) is 8.60. The minimum atomic E-state index is -5.06. The van der Waals surface area contributed by atoms with E-state index in [4.69, 9.17) is 0 Å². The zero-order chi connectivity index (χ0) is 13.9. The predicted molar refractivity (Wildman–Crippen MR) is 56.2 cm³/mol. The van der Waals surface area contributed by atoms with Crippen LogP contribution in [0.3, 0.4) is 0 Å². The van der Waals surface area contributed by atoms with Gasteiger partial charge in [-0.25, -0.2) is 8.78 Å². The summed E-state index contributed by atoms with van der Waals surface area (Å²) in [5, 5.41) is -0.116. The third-order valence-electron chi connectivity index (χ3n) is 1.91. The second kappa shape index (κ2) is 5.64. The Bertz CT molecular complexity index is 444. The highest BCUT2D eigenvalue weighted by Gasteiger charge is 2.33. The maximum atomic E-state index is 12.6. The van der Waals surface area contributed by atoms with Crippen molar-refractivity contribution < 1.29 is 31.5 Å². The molecule has 18 heavy (non-hydrogen) atoms. The van der Waals surface area contributed by atoms with Crippen molar-refractivity contribution in [1.82, 2.24) is 0 Å². The summed E-state index contributed by atoms with van der Waals surface area (Å²) < 4.78 is 64.5. The maximum Gasteiger partial charge on any atom is 0.573 e. The highest BCUT2D eigenvalue weighted by Crippen LogP contribution is 2.33. The van der Waals surface area contributed by atoms with Crippen LogP contribution in [0, 0.1) is 0 Å². The smallest absolute Gasteiger partial charge is 0.405 e. The lowest BCUT2D eigenvalue weighted by molar-refractivity contribution is -0.275. The highest BCUT2D eigenvalue weighted by molar-refractivity contribution is 9.09. The van der Waals surface area contributed by atoms with Crippen LogP contribution in [0.25, 0.3) is 0 Å². The molecule has 0 spiro atoms. The van der Waals surface area contributed by atoms with Gasteiger partial charge in [0.15, 0.2) is 5.78 Å². The number of ketones is 1. The Morgan fingerprint density at radius 1 is 1.33 bits per heavy atom. The van der Waals surface area contributed by atoms with Crippen LogP contribution in [-0.2, 0) is 0 Å². The van der Waals surface area contributed by atoms with E-state index in [0.29, 0.717) is 12.1 Å². The van der Waals surface area contributed by atoms with Gasteiger partial charge in [-0.05, 0) is 18.2 Å². The highest BCUT2D eigenvalue weighted by atomic mass is 79.9. The van der Waals surface area contributed by atoms with Crippen molar-refractivity contribution in [3.63, 3.8) is 0 Å². The Morgan fingerprint density at radius 3 is 2.39 bits per heavy atom. The molecule has 0 atom stereocenters. The minimum absolute atomic E-state index is 0.114. The van der Waals surface area contributed by atoms with Crippen molar-refractivity contribution in [3.05, 3.63) is 29.3 Å². The van der Waals surface area contributed by atoms with E-state index in [1.54, 1.807) is 0 Å². The molecule has 0 radical (unpaired) electrons. The first-order chi connectivity index (χ1) is 8.24. The van der Waals surface area contributed by atoms with Crippen LogP contribution in [0.5, 0.6) is 5.75 Å². The number of hydrogen-bond acceptors (Lipinski definition) is 2. The Balaban J connectivity index is 3.17. The standard InChI is InChI=1S/C10H6BrF5O2/c11-4-7(17)5-1-2-8(18-10(14,15)16)6(3-5)9(12)13/h1-3,9H,4H2. The molecule has 0 N–H and O–H groups in total. The van der Waals surface area contributed by atoms with Crippen LogP contribution < -0.4 is 4.74 Å². The maximum absolute atomic E-state index is 12.6. The number of Topliss-reactive ketones (excluding diaryl/α,β-unsaturated/α-hetero) is 1. The van der Waals surface area contributed by atoms with Crippen LogP contribution in [0.15, 0.2) is 18.2 Å². The van der Waals surface area contributed by atoms with E-state index in [2.05, 4.69) is 20.7 Å². The predicted octanol–water partition coefficient (Wildman–Crippen LogP) is 4.10. The van der Waals surface area contributed by atoms with E-state index in [-0.39, 0.29) is 10.9 Å². The van der Waals surface area contributed by atoms with E-state index in [1.807, 2.05) is 0 Å². The molecule has 0 heterocycles. The molecule has 0 saturated carbocycles. The lowest BCUT2D eigenvalue weighted by Crippen LogP contribution is -2.18. The summed E-state index contributed by atoms with van der Waals surface area (Å²) in [5.41, 5.74) is -1.09. The van der Waals surface area contributed by atoms with E-state index >= 15 is 0 Å². The topological polar surface area (TPSA) is 26.3 Å². The van der Waals surface area contributed by atoms with Crippen molar-refractivity contribution in [1.29, 1.82) is 0 Å². The van der Waals surface area contributed by atoms with Gasteiger partial charge in [0, 0.05) is 5.56 Å². The van der Waals surface area contributed by atoms with Gasteiger partial charge in [0.1, 0.15) is 5.75 Å². The van der Waals surface area contributed by atoms with Crippen molar-refractivity contribution in [2.75, 3.05) is 5.33 Å². The first-order valence-electron chi connectivity index (χ1n) is 4.51. The van der Waals surface area contributed by atoms with Gasteiger partial charge in [0.05, 0.1) is 10.9 Å². The molecule has 0 amide bonds. The van der Waals surface area contributed by atoms with E-state index in [9.17, 15) is 26.7 Å². The van der Waals surface area contributed by atoms with Gasteiger partial charge in [-0.1, -0.05) is 15.9 Å². The van der Waals surface area contributed by atoms with Crippen LogP contribution in [0.4, 0.5) is 22.0 Å². The van der Waals surface area contributed by atoms with Crippen molar-refractivity contribution in [2.45, 2.75) is 12.8 Å². The third kappa shape index (κ3) is 3.94. The Morgan fingerprint density at radius 2 is 1.94 bits per heavy atom. The second-order valence-electron chi connectivity index (χ2n) is 3.16. The van der Waals surface area contributed by atoms with Crippen LogP contribution >= 0.6 is 15.9 Å². The lowest BCUT2D eigenvalue weighted by Gasteiger charge is -2.13. The largest absolute Gasteiger partial charge is 0.573 e. The molecule has 1 aromatic rings. The van der Waals surface area contributed by atoms with Gasteiger partial charge in [0.25, 0.3) is 6.43 Å². The Kier molecular flexibility index (Phi) is 4.66. The molecule has 0 saturated heterocycles. The monoisotopic (exact) mass is 332 g/mol. The van der Waals surface area contributed by atoms with Crippen molar-refractivity contribution in [3.8, 4) is 5.75 Å².